The molecular weight excluding hydrogens is 628 g/mol. The molecular formula is C38H62N2O9. The third-order valence-electron chi connectivity index (χ3n) is 11.2. The van der Waals surface area contributed by atoms with E-state index in [0.29, 0.717) is 37.9 Å². The highest BCUT2D eigenvalue weighted by Gasteiger charge is 2.49. The molecule has 3 fully saturated rings. The van der Waals surface area contributed by atoms with Crippen LogP contribution < -0.4 is 0 Å². The number of fused-ring (bicyclic) bond motifs is 2. The van der Waals surface area contributed by atoms with Gasteiger partial charge in [-0.1, -0.05) is 45.1 Å². The standard InChI is InChI=1S/C38H62N2O9/c1-10-30(42)26(6)35-31(47-35)20-37(7,45)16-11-12-24(4)34-25(5)13-14-32(38(8,46-9)17-15-29(41)19-33(43)49-34)48-36(44)40-22-27-18-28(40)21-39(27)23(2)3/h11-14,16,23,25-32,34-35,41-42,45H,10,15,17-22H2,1-9H3/t25?,26?,27-,28-,29?,30?,31?,32?,34?,35?,37?,38?/m0/s1. The second-order valence-corrected chi connectivity index (χ2v) is 15.7. The molecule has 0 saturated carbocycles. The Morgan fingerprint density at radius 3 is 2.55 bits per heavy atom. The Morgan fingerprint density at radius 1 is 1.22 bits per heavy atom. The molecule has 0 aromatic carbocycles. The minimum absolute atomic E-state index is 0.00312. The molecule has 0 aliphatic carbocycles. The summed E-state index contributed by atoms with van der Waals surface area (Å²) in [5.74, 6) is -0.830. The SMILES string of the molecule is CCC(O)C(C)C1OC1CC(C)(O)C=CC=C(C)C1OC(=O)CC(O)CCC(C)(OC)C(OC(=O)N2C[C@@H]3C[C@H]2CN3C(C)C)C=CC1C. The first-order valence-corrected chi connectivity index (χ1v) is 18.2. The van der Waals surface area contributed by atoms with Crippen LogP contribution >= 0.6 is 0 Å². The van der Waals surface area contributed by atoms with E-state index in [9.17, 15) is 24.9 Å². The Labute approximate surface area is 293 Å². The van der Waals surface area contributed by atoms with Crippen molar-refractivity contribution in [1.29, 1.82) is 0 Å². The lowest BCUT2D eigenvalue weighted by Gasteiger charge is -2.39. The first-order chi connectivity index (χ1) is 23.0. The van der Waals surface area contributed by atoms with E-state index in [1.54, 1.807) is 26.2 Å². The number of cyclic esters (lactones) is 1. The molecule has 3 N–H and O–H groups in total. The number of allylic oxidation sites excluding steroid dienone is 2. The van der Waals surface area contributed by atoms with Crippen molar-refractivity contribution in [3.05, 3.63) is 36.0 Å². The maximum atomic E-state index is 13.6. The van der Waals surface area contributed by atoms with Crippen molar-refractivity contribution in [3.8, 4) is 0 Å². The van der Waals surface area contributed by atoms with Gasteiger partial charge in [-0.3, -0.25) is 9.69 Å². The van der Waals surface area contributed by atoms with Crippen molar-refractivity contribution >= 4 is 12.1 Å². The van der Waals surface area contributed by atoms with Crippen LogP contribution in [0.1, 0.15) is 93.9 Å². The van der Waals surface area contributed by atoms with E-state index >= 15 is 0 Å². The number of rotatable bonds is 11. The van der Waals surface area contributed by atoms with E-state index in [0.717, 1.165) is 18.5 Å². The minimum Gasteiger partial charge on any atom is -0.457 e. The number of likely N-dealkylation sites (tertiary alicyclic amines) is 2. The number of nitrogens with zero attached hydrogens (tertiary/aromatic N) is 2. The number of amides is 1. The van der Waals surface area contributed by atoms with Gasteiger partial charge in [0, 0.05) is 56.6 Å². The molecule has 1 amide bonds. The number of carbonyl (C=O) groups excluding carboxylic acids is 2. The maximum absolute atomic E-state index is 13.6. The Bertz CT molecular complexity index is 1230. The summed E-state index contributed by atoms with van der Waals surface area (Å²) in [7, 11) is 1.57. The van der Waals surface area contributed by atoms with E-state index in [2.05, 4.69) is 18.7 Å². The van der Waals surface area contributed by atoms with Gasteiger partial charge in [-0.05, 0) is 72.0 Å². The van der Waals surface area contributed by atoms with Gasteiger partial charge >= 0.3 is 12.1 Å². The summed E-state index contributed by atoms with van der Waals surface area (Å²) in [5.41, 5.74) is -1.34. The van der Waals surface area contributed by atoms with Crippen molar-refractivity contribution in [1.82, 2.24) is 9.80 Å². The number of esters is 1. The molecule has 4 aliphatic rings. The summed E-state index contributed by atoms with van der Waals surface area (Å²) in [5, 5.41) is 32.0. The number of carbonyl (C=O) groups is 2. The Hall–Kier alpha value is -2.28. The summed E-state index contributed by atoms with van der Waals surface area (Å²) in [6.45, 7) is 17.1. The minimum atomic E-state index is -1.14. The van der Waals surface area contributed by atoms with Crippen molar-refractivity contribution in [2.45, 2.75) is 160 Å². The molecule has 0 aromatic rings. The van der Waals surface area contributed by atoms with Crippen LogP contribution in [-0.2, 0) is 23.7 Å². The third-order valence-corrected chi connectivity index (χ3v) is 11.2. The number of aliphatic hydroxyl groups excluding tert-OH is 2. The summed E-state index contributed by atoms with van der Waals surface area (Å²) in [6.07, 6.45) is 8.04. The molecule has 0 spiro atoms. The number of epoxide rings is 1. The summed E-state index contributed by atoms with van der Waals surface area (Å²) in [6, 6.07) is 0.875. The van der Waals surface area contributed by atoms with Crippen LogP contribution in [0.4, 0.5) is 4.79 Å². The highest BCUT2D eigenvalue weighted by molar-refractivity contribution is 5.71. The average Bonchev–Trinajstić information content (AvgIpc) is 3.46. The molecule has 11 heteroatoms. The van der Waals surface area contributed by atoms with Gasteiger partial charge in [0.2, 0.25) is 0 Å². The zero-order chi connectivity index (χ0) is 36.3. The second-order valence-electron chi connectivity index (χ2n) is 15.7. The van der Waals surface area contributed by atoms with Crippen LogP contribution in [0.2, 0.25) is 0 Å². The first kappa shape index (κ1) is 39.5. The monoisotopic (exact) mass is 690 g/mol. The van der Waals surface area contributed by atoms with Crippen LogP contribution in [0.5, 0.6) is 0 Å². The van der Waals surface area contributed by atoms with Gasteiger partial charge in [0.25, 0.3) is 0 Å². The fourth-order valence-corrected chi connectivity index (χ4v) is 7.74. The number of aliphatic hydroxyl groups is 3. The molecule has 11 nitrogen and oxygen atoms in total. The molecule has 10 unspecified atom stereocenters. The van der Waals surface area contributed by atoms with E-state index < -0.39 is 41.6 Å². The quantitative estimate of drug-likeness (QED) is 0.123. The van der Waals surface area contributed by atoms with E-state index in [1.807, 2.05) is 57.7 Å². The lowest BCUT2D eigenvalue weighted by molar-refractivity contribution is -0.151. The second kappa shape index (κ2) is 16.4. The van der Waals surface area contributed by atoms with Crippen molar-refractivity contribution in [2.75, 3.05) is 20.2 Å². The van der Waals surface area contributed by atoms with Crippen molar-refractivity contribution < 1.29 is 43.9 Å². The molecule has 4 heterocycles. The van der Waals surface area contributed by atoms with E-state index in [1.165, 1.54) is 0 Å². The summed E-state index contributed by atoms with van der Waals surface area (Å²) >= 11 is 0. The Balaban J connectivity index is 1.48. The molecule has 12 atom stereocenters. The van der Waals surface area contributed by atoms with Crippen LogP contribution in [0.3, 0.4) is 0 Å². The lowest BCUT2D eigenvalue weighted by atomic mass is 9.88. The predicted molar refractivity (Wildman–Crippen MR) is 187 cm³/mol. The first-order valence-electron chi connectivity index (χ1n) is 18.2. The number of methoxy groups -OCH3 is 1. The summed E-state index contributed by atoms with van der Waals surface area (Å²) in [4.78, 5) is 30.9. The van der Waals surface area contributed by atoms with Crippen LogP contribution in [0.25, 0.3) is 0 Å². The predicted octanol–water partition coefficient (Wildman–Crippen LogP) is 4.53. The van der Waals surface area contributed by atoms with Gasteiger partial charge in [-0.15, -0.1) is 0 Å². The molecule has 4 aliphatic heterocycles. The van der Waals surface area contributed by atoms with Crippen LogP contribution in [-0.4, -0.2) is 123 Å². The molecule has 0 aromatic heterocycles. The van der Waals surface area contributed by atoms with Gasteiger partial charge in [-0.25, -0.2) is 4.79 Å². The fraction of sp³-hybridized carbons (Fsp3) is 0.789. The van der Waals surface area contributed by atoms with Gasteiger partial charge in [0.15, 0.2) is 6.10 Å². The van der Waals surface area contributed by atoms with Gasteiger partial charge < -0.3 is 39.2 Å². The van der Waals surface area contributed by atoms with Gasteiger partial charge in [-0.2, -0.15) is 0 Å². The zero-order valence-corrected chi connectivity index (χ0v) is 31.1. The molecule has 2 bridgehead atoms. The highest BCUT2D eigenvalue weighted by atomic mass is 16.6. The van der Waals surface area contributed by atoms with E-state index in [-0.39, 0.29) is 49.0 Å². The van der Waals surface area contributed by atoms with Crippen LogP contribution in [0, 0.1) is 11.8 Å². The van der Waals surface area contributed by atoms with Crippen LogP contribution in [0.15, 0.2) is 36.0 Å². The number of piperazine rings is 1. The maximum Gasteiger partial charge on any atom is 0.410 e. The number of hydrogen-bond acceptors (Lipinski definition) is 10. The van der Waals surface area contributed by atoms with Gasteiger partial charge in [0.05, 0.1) is 36.4 Å². The highest BCUT2D eigenvalue weighted by Crippen LogP contribution is 2.38. The number of hydrogen-bond donors (Lipinski definition) is 3. The van der Waals surface area contributed by atoms with E-state index in [4.69, 9.17) is 18.9 Å². The summed E-state index contributed by atoms with van der Waals surface area (Å²) < 4.78 is 23.9. The molecule has 49 heavy (non-hydrogen) atoms. The number of ether oxygens (including phenoxy) is 4. The van der Waals surface area contributed by atoms with Crippen molar-refractivity contribution in [3.63, 3.8) is 0 Å². The molecule has 278 valence electrons. The fourth-order valence-electron chi connectivity index (χ4n) is 7.74. The normalized spacial score (nSPS) is 37.0. The van der Waals surface area contributed by atoms with Crippen molar-refractivity contribution in [2.24, 2.45) is 11.8 Å². The average molecular weight is 691 g/mol. The Morgan fingerprint density at radius 2 is 1.94 bits per heavy atom. The molecule has 0 radical (unpaired) electrons. The molecule has 4 rings (SSSR count). The molecule has 3 saturated heterocycles. The lowest BCUT2D eigenvalue weighted by Crippen LogP contribution is -2.53. The topological polar surface area (TPSA) is 142 Å². The third kappa shape index (κ3) is 9.95. The smallest absolute Gasteiger partial charge is 0.410 e. The zero-order valence-electron chi connectivity index (χ0n) is 31.1. The van der Waals surface area contributed by atoms with Gasteiger partial charge in [0.1, 0.15) is 11.7 Å². The largest absolute Gasteiger partial charge is 0.457 e. The Kier molecular flexibility index (Phi) is 13.2.